The van der Waals surface area contributed by atoms with Gasteiger partial charge >= 0.3 is 12.1 Å². The maximum Gasteiger partial charge on any atom is 0.408 e. The van der Waals surface area contributed by atoms with Gasteiger partial charge in [-0.2, -0.15) is 0 Å². The van der Waals surface area contributed by atoms with E-state index in [1.54, 1.807) is 60.7 Å². The van der Waals surface area contributed by atoms with Crippen LogP contribution in [0.3, 0.4) is 0 Å². The van der Waals surface area contributed by atoms with Gasteiger partial charge in [0.15, 0.2) is 0 Å². The third kappa shape index (κ3) is 9.01. The lowest BCUT2D eigenvalue weighted by Gasteiger charge is -2.15. The summed E-state index contributed by atoms with van der Waals surface area (Å²) in [6.07, 6.45) is 0.404. The van der Waals surface area contributed by atoms with E-state index in [-0.39, 0.29) is 19.6 Å². The number of carbonyl (C=O) groups excluding carboxylic acids is 1. The smallest absolute Gasteiger partial charge is 0.408 e. The Kier molecular flexibility index (Phi) is 8.69. The number of alkyl carbamates (subject to hydrolysis) is 1. The second-order valence-electron chi connectivity index (χ2n) is 7.81. The summed E-state index contributed by atoms with van der Waals surface area (Å²) < 4.78 is 36.0. The maximum atomic E-state index is 12.1. The molecule has 3 rings (SSSR count). The van der Waals surface area contributed by atoms with Gasteiger partial charge in [0, 0.05) is 12.5 Å². The molecule has 0 aliphatic rings. The van der Waals surface area contributed by atoms with Crippen LogP contribution < -0.4 is 14.8 Å². The molecule has 0 fully saturated rings. The number of amides is 1. The van der Waals surface area contributed by atoms with Crippen LogP contribution >= 0.6 is 0 Å². The molecule has 3 N–H and O–H groups in total. The average molecular weight is 499 g/mol. The van der Waals surface area contributed by atoms with Gasteiger partial charge in [0.05, 0.1) is 11.9 Å². The Hall–Kier alpha value is -4.05. The van der Waals surface area contributed by atoms with Crippen LogP contribution in [0.4, 0.5) is 10.5 Å². The number of hydrogen-bond donors (Lipinski definition) is 3. The predicted octanol–water partition coefficient (Wildman–Crippen LogP) is 3.56. The molecule has 0 heterocycles. The van der Waals surface area contributed by atoms with Crippen LogP contribution in [0.5, 0.6) is 5.75 Å². The number of anilines is 1. The van der Waals surface area contributed by atoms with Gasteiger partial charge in [0.2, 0.25) is 10.0 Å². The highest BCUT2D eigenvalue weighted by Gasteiger charge is 2.21. The summed E-state index contributed by atoms with van der Waals surface area (Å²) in [5.41, 5.74) is 2.77. The topological polar surface area (TPSA) is 131 Å². The molecule has 0 saturated heterocycles. The molecule has 0 radical (unpaired) electrons. The Morgan fingerprint density at radius 1 is 0.886 bits per heavy atom. The zero-order valence-corrected chi connectivity index (χ0v) is 19.8. The highest BCUT2D eigenvalue weighted by molar-refractivity contribution is 7.92. The molecule has 35 heavy (non-hydrogen) atoms. The number of sulfonamides is 1. The normalized spacial score (nSPS) is 11.8. The van der Waals surface area contributed by atoms with Crippen molar-refractivity contribution >= 4 is 27.8 Å². The van der Waals surface area contributed by atoms with Crippen LogP contribution in [-0.4, -0.2) is 37.9 Å². The summed E-state index contributed by atoms with van der Waals surface area (Å²) in [4.78, 5) is 23.6. The van der Waals surface area contributed by atoms with Gasteiger partial charge in [0.25, 0.3) is 0 Å². The number of aliphatic carboxylic acids is 1. The van der Waals surface area contributed by atoms with Gasteiger partial charge in [-0.15, -0.1) is 0 Å². The quantitative estimate of drug-likeness (QED) is 0.368. The molecule has 0 aliphatic carbocycles. The van der Waals surface area contributed by atoms with Crippen molar-refractivity contribution < 1.29 is 32.6 Å². The Labute approximate surface area is 203 Å². The van der Waals surface area contributed by atoms with Crippen LogP contribution in [-0.2, 0) is 39.2 Å². The van der Waals surface area contributed by atoms with E-state index < -0.39 is 28.1 Å². The fourth-order valence-electron chi connectivity index (χ4n) is 3.14. The van der Waals surface area contributed by atoms with Gasteiger partial charge in [-0.25, -0.2) is 18.0 Å². The third-order valence-electron chi connectivity index (χ3n) is 4.81. The Morgan fingerprint density at radius 3 is 2.17 bits per heavy atom. The summed E-state index contributed by atoms with van der Waals surface area (Å²) in [6, 6.07) is 21.7. The molecular weight excluding hydrogens is 472 g/mol. The van der Waals surface area contributed by atoms with E-state index in [2.05, 4.69) is 10.0 Å². The Bertz CT molecular complexity index is 1250. The fraction of sp³-hybridized carbons (Fsp3) is 0.200. The first-order valence-electron chi connectivity index (χ1n) is 10.7. The molecule has 1 amide bonds. The van der Waals surface area contributed by atoms with Gasteiger partial charge in [0.1, 0.15) is 25.0 Å². The largest absolute Gasteiger partial charge is 0.489 e. The van der Waals surface area contributed by atoms with Gasteiger partial charge in [-0.05, 0) is 28.8 Å². The van der Waals surface area contributed by atoms with Crippen LogP contribution in [0.1, 0.15) is 16.7 Å². The molecule has 1 atom stereocenters. The monoisotopic (exact) mass is 498 g/mol. The molecule has 0 unspecified atom stereocenters. The molecule has 0 aromatic heterocycles. The standard InChI is InChI=1S/C25H26N2O7S/c1-35(31,32)27-21-8-5-9-22(15-21)33-16-19-10-12-20(13-11-19)17-34-25(30)26-23(24(28)29)14-18-6-3-2-4-7-18/h2-13,15,23,27H,14,16-17H2,1H3,(H,26,30)(H,28,29)/t23-/m1/s1. The minimum Gasteiger partial charge on any atom is -0.489 e. The Morgan fingerprint density at radius 2 is 1.54 bits per heavy atom. The van der Waals surface area contributed by atoms with E-state index in [0.29, 0.717) is 11.4 Å². The lowest BCUT2D eigenvalue weighted by Crippen LogP contribution is -2.42. The fourth-order valence-corrected chi connectivity index (χ4v) is 3.70. The minimum atomic E-state index is -3.38. The van der Waals surface area contributed by atoms with Gasteiger partial charge < -0.3 is 19.9 Å². The highest BCUT2D eigenvalue weighted by Crippen LogP contribution is 2.19. The lowest BCUT2D eigenvalue weighted by atomic mass is 10.1. The van der Waals surface area contributed by atoms with Crippen molar-refractivity contribution in [3.8, 4) is 5.75 Å². The summed E-state index contributed by atoms with van der Waals surface area (Å²) >= 11 is 0. The second-order valence-corrected chi connectivity index (χ2v) is 9.56. The molecule has 0 saturated carbocycles. The van der Waals surface area contributed by atoms with Gasteiger partial charge in [-0.3, -0.25) is 4.72 Å². The predicted molar refractivity (Wildman–Crippen MR) is 131 cm³/mol. The Balaban J connectivity index is 1.47. The van der Waals surface area contributed by atoms with Crippen molar-refractivity contribution in [1.29, 1.82) is 0 Å². The highest BCUT2D eigenvalue weighted by atomic mass is 32.2. The average Bonchev–Trinajstić information content (AvgIpc) is 2.81. The molecule has 0 spiro atoms. The number of nitrogens with one attached hydrogen (secondary N) is 2. The summed E-state index contributed by atoms with van der Waals surface area (Å²) in [6.45, 7) is 0.230. The third-order valence-corrected chi connectivity index (χ3v) is 5.42. The van der Waals surface area contributed by atoms with Crippen molar-refractivity contribution in [3.63, 3.8) is 0 Å². The van der Waals surface area contributed by atoms with Crippen molar-refractivity contribution in [2.75, 3.05) is 11.0 Å². The first-order valence-corrected chi connectivity index (χ1v) is 12.6. The number of ether oxygens (including phenoxy) is 2. The van der Waals surface area contributed by atoms with Crippen LogP contribution in [0.15, 0.2) is 78.9 Å². The summed E-state index contributed by atoms with van der Waals surface area (Å²) in [5, 5.41) is 11.8. The van der Waals surface area contributed by atoms with Crippen LogP contribution in [0, 0.1) is 0 Å². The van der Waals surface area contributed by atoms with E-state index in [4.69, 9.17) is 9.47 Å². The minimum absolute atomic E-state index is 0.0240. The first kappa shape index (κ1) is 25.6. The van der Waals surface area contributed by atoms with E-state index in [1.165, 1.54) is 0 Å². The molecule has 3 aromatic rings. The molecule has 184 valence electrons. The molecule has 10 heteroatoms. The first-order chi connectivity index (χ1) is 16.7. The molecule has 9 nitrogen and oxygen atoms in total. The zero-order chi connectivity index (χ0) is 25.3. The van der Waals surface area contributed by atoms with E-state index in [9.17, 15) is 23.1 Å². The number of carbonyl (C=O) groups is 2. The van der Waals surface area contributed by atoms with Crippen molar-refractivity contribution in [2.45, 2.75) is 25.7 Å². The van der Waals surface area contributed by atoms with Crippen LogP contribution in [0.25, 0.3) is 0 Å². The second kappa shape index (κ2) is 11.9. The molecular formula is C25H26N2O7S. The van der Waals surface area contributed by atoms with Crippen molar-refractivity contribution in [3.05, 3.63) is 95.6 Å². The van der Waals surface area contributed by atoms with E-state index in [1.807, 2.05) is 18.2 Å². The molecule has 0 bridgehead atoms. The van der Waals surface area contributed by atoms with Crippen molar-refractivity contribution in [2.24, 2.45) is 0 Å². The summed E-state index contributed by atoms with van der Waals surface area (Å²) in [5.74, 6) is -0.640. The van der Waals surface area contributed by atoms with E-state index >= 15 is 0 Å². The van der Waals surface area contributed by atoms with Gasteiger partial charge in [-0.1, -0.05) is 60.7 Å². The molecule has 0 aliphatic heterocycles. The van der Waals surface area contributed by atoms with E-state index in [0.717, 1.165) is 22.9 Å². The number of carboxylic acids is 1. The van der Waals surface area contributed by atoms with Crippen molar-refractivity contribution in [1.82, 2.24) is 5.32 Å². The summed E-state index contributed by atoms with van der Waals surface area (Å²) in [7, 11) is -3.38. The maximum absolute atomic E-state index is 12.1. The molecule has 3 aromatic carbocycles. The SMILES string of the molecule is CS(=O)(=O)Nc1cccc(OCc2ccc(COC(=O)N[C@H](Cc3ccccc3)C(=O)O)cc2)c1. The number of benzene rings is 3. The zero-order valence-electron chi connectivity index (χ0n) is 19.0. The number of hydrogen-bond acceptors (Lipinski definition) is 6. The number of rotatable bonds is 11. The lowest BCUT2D eigenvalue weighted by molar-refractivity contribution is -0.139. The number of carboxylic acid groups (broad SMARTS) is 1. The van der Waals surface area contributed by atoms with Crippen LogP contribution in [0.2, 0.25) is 0 Å².